The summed E-state index contributed by atoms with van der Waals surface area (Å²) in [4.78, 5) is 50.5. The largest absolute Gasteiger partial charge is 0.334 e. The van der Waals surface area contributed by atoms with Gasteiger partial charge in [-0.25, -0.2) is 14.1 Å². The first-order valence-electron chi connectivity index (χ1n) is 10.1. The fourth-order valence-corrected chi connectivity index (χ4v) is 3.36. The van der Waals surface area contributed by atoms with E-state index in [4.69, 9.17) is 0 Å². The van der Waals surface area contributed by atoms with Crippen molar-refractivity contribution < 1.29 is 23.6 Å². The molecule has 33 heavy (non-hydrogen) atoms. The average molecular weight is 446 g/mol. The molecule has 3 N–H and O–H groups in total. The van der Waals surface area contributed by atoms with Crippen LogP contribution in [0.5, 0.6) is 0 Å². The number of urea groups is 1. The van der Waals surface area contributed by atoms with Crippen molar-refractivity contribution in [3.05, 3.63) is 95.3 Å². The molecule has 0 unspecified atom stereocenters. The van der Waals surface area contributed by atoms with Gasteiger partial charge in [-0.15, -0.1) is 0 Å². The van der Waals surface area contributed by atoms with E-state index in [-0.39, 0.29) is 18.9 Å². The first kappa shape index (κ1) is 21.7. The maximum atomic E-state index is 12.9. The van der Waals surface area contributed by atoms with E-state index in [0.29, 0.717) is 28.1 Å². The van der Waals surface area contributed by atoms with E-state index in [2.05, 4.69) is 16.0 Å². The zero-order chi connectivity index (χ0) is 23.4. The smallest absolute Gasteiger partial charge is 0.315 e. The molecular formula is C24H19FN4O4. The number of hydrogen-bond acceptors (Lipinski definition) is 4. The monoisotopic (exact) mass is 446 g/mol. The van der Waals surface area contributed by atoms with Gasteiger partial charge >= 0.3 is 6.03 Å². The van der Waals surface area contributed by atoms with E-state index >= 15 is 0 Å². The van der Waals surface area contributed by atoms with Crippen LogP contribution < -0.4 is 20.9 Å². The number of halogens is 1. The van der Waals surface area contributed by atoms with Gasteiger partial charge in [-0.3, -0.25) is 14.4 Å². The van der Waals surface area contributed by atoms with Crippen molar-refractivity contribution in [3.8, 4) is 0 Å². The molecule has 3 aromatic carbocycles. The van der Waals surface area contributed by atoms with Crippen LogP contribution in [0.15, 0.2) is 72.8 Å². The van der Waals surface area contributed by atoms with E-state index in [0.717, 1.165) is 4.90 Å². The molecule has 1 aliphatic rings. The van der Waals surface area contributed by atoms with Crippen LogP contribution in [0.3, 0.4) is 0 Å². The highest BCUT2D eigenvalue weighted by atomic mass is 19.1. The maximum Gasteiger partial charge on any atom is 0.315 e. The van der Waals surface area contributed by atoms with E-state index in [1.165, 1.54) is 18.2 Å². The molecule has 166 valence electrons. The minimum absolute atomic E-state index is 0.177. The molecule has 1 aliphatic heterocycles. The van der Waals surface area contributed by atoms with Crippen LogP contribution in [-0.2, 0) is 11.3 Å². The van der Waals surface area contributed by atoms with Crippen LogP contribution in [0.2, 0.25) is 0 Å². The lowest BCUT2D eigenvalue weighted by molar-refractivity contribution is -0.115. The zero-order valence-corrected chi connectivity index (χ0v) is 17.3. The molecule has 0 saturated carbocycles. The molecule has 0 spiro atoms. The second-order valence-electron chi connectivity index (χ2n) is 7.25. The summed E-state index contributed by atoms with van der Waals surface area (Å²) < 4.78 is 12.9. The molecule has 0 aromatic heterocycles. The Balaban J connectivity index is 1.32. The Bertz CT molecular complexity index is 1210. The van der Waals surface area contributed by atoms with Gasteiger partial charge in [-0.1, -0.05) is 30.3 Å². The summed E-state index contributed by atoms with van der Waals surface area (Å²) in [6.07, 6.45) is 0. The molecule has 5 amide bonds. The SMILES string of the molecule is O=C(CNC(=O)NCc1ccc(F)cc1)Nc1cccc(N2C(=O)c3ccccc3C2=O)c1. The van der Waals surface area contributed by atoms with Crippen LogP contribution >= 0.6 is 0 Å². The highest BCUT2D eigenvalue weighted by Gasteiger charge is 2.36. The van der Waals surface area contributed by atoms with Crippen molar-refractivity contribution in [1.29, 1.82) is 0 Å². The Morgan fingerprint density at radius 2 is 1.48 bits per heavy atom. The maximum absolute atomic E-state index is 12.9. The molecule has 4 rings (SSSR count). The highest BCUT2D eigenvalue weighted by molar-refractivity contribution is 6.34. The number of carbonyl (C=O) groups excluding carboxylic acids is 4. The second-order valence-corrected chi connectivity index (χ2v) is 7.25. The number of rotatable bonds is 6. The minimum Gasteiger partial charge on any atom is -0.334 e. The quantitative estimate of drug-likeness (QED) is 0.506. The molecule has 1 heterocycles. The Kier molecular flexibility index (Phi) is 6.12. The number of fused-ring (bicyclic) bond motifs is 1. The van der Waals surface area contributed by atoms with Gasteiger partial charge in [0.1, 0.15) is 5.82 Å². The first-order chi connectivity index (χ1) is 15.9. The third-order valence-corrected chi connectivity index (χ3v) is 4.96. The van der Waals surface area contributed by atoms with E-state index in [9.17, 15) is 23.6 Å². The summed E-state index contributed by atoms with van der Waals surface area (Å²) in [5, 5.41) is 7.61. The Morgan fingerprint density at radius 1 is 0.818 bits per heavy atom. The fourth-order valence-electron chi connectivity index (χ4n) is 3.36. The predicted octanol–water partition coefficient (Wildman–Crippen LogP) is 3.06. The lowest BCUT2D eigenvalue weighted by Gasteiger charge is -2.15. The van der Waals surface area contributed by atoms with Crippen molar-refractivity contribution in [2.75, 3.05) is 16.8 Å². The summed E-state index contributed by atoms with van der Waals surface area (Å²) in [5.41, 5.74) is 2.05. The standard InChI is InChI=1S/C24H19FN4O4/c25-16-10-8-15(9-11-16)13-26-24(33)27-14-21(30)28-17-4-3-5-18(12-17)29-22(31)19-6-1-2-7-20(19)23(29)32/h1-12H,13-14H2,(H,28,30)(H2,26,27,33). The molecule has 9 heteroatoms. The van der Waals surface area contributed by atoms with Crippen molar-refractivity contribution in [2.45, 2.75) is 6.54 Å². The van der Waals surface area contributed by atoms with Gasteiger partial charge in [0.15, 0.2) is 0 Å². The van der Waals surface area contributed by atoms with Crippen molar-refractivity contribution >= 4 is 35.1 Å². The number of benzene rings is 3. The minimum atomic E-state index is -0.561. The molecule has 0 atom stereocenters. The van der Waals surface area contributed by atoms with Crippen LogP contribution in [0.4, 0.5) is 20.6 Å². The number of hydrogen-bond donors (Lipinski definition) is 3. The van der Waals surface area contributed by atoms with Crippen LogP contribution in [-0.4, -0.2) is 30.3 Å². The molecule has 0 saturated heterocycles. The topological polar surface area (TPSA) is 108 Å². The third-order valence-electron chi connectivity index (χ3n) is 4.96. The molecule has 0 aliphatic carbocycles. The molecule has 3 aromatic rings. The zero-order valence-electron chi connectivity index (χ0n) is 17.3. The number of imide groups is 1. The number of nitrogens with zero attached hydrogens (tertiary/aromatic N) is 1. The lowest BCUT2D eigenvalue weighted by atomic mass is 10.1. The van der Waals surface area contributed by atoms with E-state index in [1.807, 2.05) is 0 Å². The lowest BCUT2D eigenvalue weighted by Crippen LogP contribution is -2.39. The molecule has 0 bridgehead atoms. The Morgan fingerprint density at radius 3 is 2.15 bits per heavy atom. The number of anilines is 2. The third kappa shape index (κ3) is 4.87. The molecule has 8 nitrogen and oxygen atoms in total. The van der Waals surface area contributed by atoms with Gasteiger partial charge < -0.3 is 16.0 Å². The summed E-state index contributed by atoms with van der Waals surface area (Å²) in [7, 11) is 0. The number of nitrogens with one attached hydrogen (secondary N) is 3. The van der Waals surface area contributed by atoms with Gasteiger partial charge in [-0.2, -0.15) is 0 Å². The Labute approximate surface area is 188 Å². The number of carbonyl (C=O) groups is 4. The second kappa shape index (κ2) is 9.31. The molecule has 0 fully saturated rings. The van der Waals surface area contributed by atoms with Gasteiger partial charge in [0.2, 0.25) is 5.91 Å². The van der Waals surface area contributed by atoms with E-state index in [1.54, 1.807) is 54.6 Å². The van der Waals surface area contributed by atoms with Gasteiger partial charge in [0.05, 0.1) is 23.4 Å². The van der Waals surface area contributed by atoms with Gasteiger partial charge in [0.25, 0.3) is 11.8 Å². The van der Waals surface area contributed by atoms with Crippen molar-refractivity contribution in [2.24, 2.45) is 0 Å². The van der Waals surface area contributed by atoms with Crippen LogP contribution in [0.25, 0.3) is 0 Å². The fraction of sp³-hybridized carbons (Fsp3) is 0.0833. The summed E-state index contributed by atoms with van der Waals surface area (Å²) in [5.74, 6) is -1.73. The molecule has 0 radical (unpaired) electrons. The van der Waals surface area contributed by atoms with E-state index < -0.39 is 23.8 Å². The van der Waals surface area contributed by atoms with Crippen molar-refractivity contribution in [1.82, 2.24) is 10.6 Å². The summed E-state index contributed by atoms with van der Waals surface area (Å²) in [6, 6.07) is 18.0. The molecular weight excluding hydrogens is 427 g/mol. The number of amides is 5. The summed E-state index contributed by atoms with van der Waals surface area (Å²) >= 11 is 0. The van der Waals surface area contributed by atoms with Crippen LogP contribution in [0.1, 0.15) is 26.3 Å². The van der Waals surface area contributed by atoms with Crippen LogP contribution in [0, 0.1) is 5.82 Å². The summed E-state index contributed by atoms with van der Waals surface area (Å²) in [6.45, 7) is -0.122. The van der Waals surface area contributed by atoms with Gasteiger partial charge in [0, 0.05) is 12.2 Å². The highest BCUT2D eigenvalue weighted by Crippen LogP contribution is 2.29. The predicted molar refractivity (Wildman–Crippen MR) is 119 cm³/mol. The first-order valence-corrected chi connectivity index (χ1v) is 10.1. The average Bonchev–Trinajstić information content (AvgIpc) is 3.07. The Hall–Kier alpha value is -4.53. The normalized spacial score (nSPS) is 12.3. The van der Waals surface area contributed by atoms with Gasteiger partial charge in [-0.05, 0) is 48.0 Å². The van der Waals surface area contributed by atoms with Crippen molar-refractivity contribution in [3.63, 3.8) is 0 Å².